The summed E-state index contributed by atoms with van der Waals surface area (Å²) in [6.07, 6.45) is 0. The van der Waals surface area contributed by atoms with Gasteiger partial charge in [0.05, 0.1) is 6.04 Å². The Balaban J connectivity index is 2.12. The molecule has 1 atom stereocenters. The predicted molar refractivity (Wildman–Crippen MR) is 89.1 cm³/mol. The van der Waals surface area contributed by atoms with Crippen LogP contribution in [0, 0.1) is 0 Å². The molecule has 3 N–H and O–H groups in total. The second-order valence-corrected chi connectivity index (χ2v) is 5.91. The second-order valence-electron chi connectivity index (χ2n) is 5.91. The van der Waals surface area contributed by atoms with Gasteiger partial charge in [0.15, 0.2) is 0 Å². The standard InChI is InChI=1S/C19H15F2NO/c20-19(21,10-23)18(22)15-9-7-13-5-4-11-2-1-3-12-6-8-14(15)17(13)16(11)12/h1-9,18,23H,10,22H2/t18-/m1/s1. The monoisotopic (exact) mass is 311 g/mol. The van der Waals surface area contributed by atoms with Crippen molar-refractivity contribution in [1.29, 1.82) is 0 Å². The molecule has 23 heavy (non-hydrogen) atoms. The van der Waals surface area contributed by atoms with E-state index in [0.29, 0.717) is 10.9 Å². The lowest BCUT2D eigenvalue weighted by atomic mass is 9.89. The Kier molecular flexibility index (Phi) is 3.01. The lowest BCUT2D eigenvalue weighted by Gasteiger charge is -2.24. The van der Waals surface area contributed by atoms with E-state index in [1.807, 2.05) is 48.5 Å². The van der Waals surface area contributed by atoms with Crippen LogP contribution in [0.4, 0.5) is 8.78 Å². The zero-order chi connectivity index (χ0) is 16.2. The van der Waals surface area contributed by atoms with Gasteiger partial charge in [0, 0.05) is 0 Å². The maximum Gasteiger partial charge on any atom is 0.289 e. The molecule has 0 radical (unpaired) electrons. The van der Waals surface area contributed by atoms with E-state index < -0.39 is 18.6 Å². The van der Waals surface area contributed by atoms with E-state index in [1.54, 1.807) is 6.07 Å². The second kappa shape index (κ2) is 4.85. The van der Waals surface area contributed by atoms with Crippen molar-refractivity contribution in [2.75, 3.05) is 6.61 Å². The SMILES string of the molecule is N[C@H](c1ccc2ccc3cccc4ccc1c2c34)C(F)(F)CO. The highest BCUT2D eigenvalue weighted by Gasteiger charge is 2.38. The number of benzene rings is 4. The third-order valence-electron chi connectivity index (χ3n) is 4.56. The predicted octanol–water partition coefficient (Wildman–Crippen LogP) is 4.21. The molecule has 0 spiro atoms. The third kappa shape index (κ3) is 1.99. The van der Waals surface area contributed by atoms with Gasteiger partial charge in [0.2, 0.25) is 0 Å². The van der Waals surface area contributed by atoms with Crippen molar-refractivity contribution in [3.63, 3.8) is 0 Å². The van der Waals surface area contributed by atoms with Gasteiger partial charge in [0.1, 0.15) is 6.61 Å². The molecule has 0 fully saturated rings. The summed E-state index contributed by atoms with van der Waals surface area (Å²) in [7, 11) is 0. The molecule has 4 heteroatoms. The van der Waals surface area contributed by atoms with Gasteiger partial charge < -0.3 is 10.8 Å². The minimum Gasteiger partial charge on any atom is -0.390 e. The van der Waals surface area contributed by atoms with Gasteiger partial charge in [-0.2, -0.15) is 0 Å². The lowest BCUT2D eigenvalue weighted by Crippen LogP contribution is -2.36. The Labute approximate surface area is 131 Å². The fraction of sp³-hybridized carbons (Fsp3) is 0.158. The van der Waals surface area contributed by atoms with Gasteiger partial charge in [-0.3, -0.25) is 0 Å². The Bertz CT molecular complexity index is 996. The van der Waals surface area contributed by atoms with Crippen LogP contribution in [0.15, 0.2) is 54.6 Å². The molecule has 0 saturated carbocycles. The van der Waals surface area contributed by atoms with Crippen LogP contribution < -0.4 is 5.73 Å². The van der Waals surface area contributed by atoms with Crippen LogP contribution in [0.25, 0.3) is 32.3 Å². The first-order chi connectivity index (χ1) is 11.0. The first-order valence-electron chi connectivity index (χ1n) is 7.43. The maximum atomic E-state index is 13.9. The number of aliphatic hydroxyl groups is 1. The van der Waals surface area contributed by atoms with E-state index in [2.05, 4.69) is 0 Å². The summed E-state index contributed by atoms with van der Waals surface area (Å²) in [5.74, 6) is -3.36. The molecule has 0 bridgehead atoms. The highest BCUT2D eigenvalue weighted by atomic mass is 19.3. The number of alkyl halides is 2. The molecule has 4 aromatic rings. The van der Waals surface area contributed by atoms with E-state index >= 15 is 0 Å². The van der Waals surface area contributed by atoms with Crippen molar-refractivity contribution < 1.29 is 13.9 Å². The largest absolute Gasteiger partial charge is 0.390 e. The molecule has 0 aliphatic heterocycles. The molecule has 0 heterocycles. The zero-order valence-electron chi connectivity index (χ0n) is 12.3. The molecule has 116 valence electrons. The van der Waals surface area contributed by atoms with Gasteiger partial charge in [-0.15, -0.1) is 0 Å². The van der Waals surface area contributed by atoms with E-state index in [9.17, 15) is 8.78 Å². The van der Waals surface area contributed by atoms with Crippen molar-refractivity contribution in [3.8, 4) is 0 Å². The molecule has 0 amide bonds. The number of nitrogens with two attached hydrogens (primary N) is 1. The van der Waals surface area contributed by atoms with Crippen molar-refractivity contribution in [3.05, 3.63) is 60.2 Å². The van der Waals surface area contributed by atoms with E-state index in [0.717, 1.165) is 26.9 Å². The summed E-state index contributed by atoms with van der Waals surface area (Å²) in [5, 5.41) is 14.8. The third-order valence-corrected chi connectivity index (χ3v) is 4.56. The Morgan fingerprint density at radius 3 is 2.09 bits per heavy atom. The van der Waals surface area contributed by atoms with Crippen molar-refractivity contribution in [2.24, 2.45) is 5.73 Å². The van der Waals surface area contributed by atoms with Gasteiger partial charge in [0.25, 0.3) is 5.92 Å². The number of rotatable bonds is 3. The Morgan fingerprint density at radius 2 is 1.43 bits per heavy atom. The Morgan fingerprint density at radius 1 is 0.870 bits per heavy atom. The highest BCUT2D eigenvalue weighted by Crippen LogP contribution is 2.39. The number of hydrogen-bond donors (Lipinski definition) is 2. The fourth-order valence-electron chi connectivity index (χ4n) is 3.35. The summed E-state index contributed by atoms with van der Waals surface area (Å²) in [6, 6.07) is 15.7. The summed E-state index contributed by atoms with van der Waals surface area (Å²) in [6.45, 7) is -1.27. The molecular formula is C19H15F2NO. The molecular weight excluding hydrogens is 296 g/mol. The van der Waals surface area contributed by atoms with Gasteiger partial charge in [-0.25, -0.2) is 8.78 Å². The van der Waals surface area contributed by atoms with Crippen LogP contribution in [0.5, 0.6) is 0 Å². The molecule has 0 aromatic heterocycles. The van der Waals surface area contributed by atoms with Crippen molar-refractivity contribution >= 4 is 32.3 Å². The molecule has 4 rings (SSSR count). The van der Waals surface area contributed by atoms with Crippen molar-refractivity contribution in [2.45, 2.75) is 12.0 Å². The van der Waals surface area contributed by atoms with Crippen molar-refractivity contribution in [1.82, 2.24) is 0 Å². The van der Waals surface area contributed by atoms with E-state index in [4.69, 9.17) is 10.8 Å². The fourth-order valence-corrected chi connectivity index (χ4v) is 3.35. The number of hydrogen-bond acceptors (Lipinski definition) is 2. The molecule has 2 nitrogen and oxygen atoms in total. The van der Waals surface area contributed by atoms with Crippen LogP contribution in [0.2, 0.25) is 0 Å². The van der Waals surface area contributed by atoms with Gasteiger partial charge >= 0.3 is 0 Å². The van der Waals surface area contributed by atoms with E-state index in [-0.39, 0.29) is 0 Å². The van der Waals surface area contributed by atoms with Crippen LogP contribution in [-0.4, -0.2) is 17.6 Å². The first-order valence-corrected chi connectivity index (χ1v) is 7.43. The topological polar surface area (TPSA) is 46.2 Å². The minimum atomic E-state index is -3.36. The number of halogens is 2. The van der Waals surface area contributed by atoms with Crippen LogP contribution >= 0.6 is 0 Å². The summed E-state index contributed by atoms with van der Waals surface area (Å²) in [4.78, 5) is 0. The highest BCUT2D eigenvalue weighted by molar-refractivity contribution is 6.23. The molecule has 0 unspecified atom stereocenters. The average Bonchev–Trinajstić information content (AvgIpc) is 2.59. The summed E-state index contributed by atoms with van der Waals surface area (Å²) >= 11 is 0. The first kappa shape index (κ1) is 14.3. The van der Waals surface area contributed by atoms with Crippen LogP contribution in [0.3, 0.4) is 0 Å². The summed E-state index contributed by atoms with van der Waals surface area (Å²) in [5.41, 5.74) is 6.13. The zero-order valence-corrected chi connectivity index (χ0v) is 12.3. The average molecular weight is 311 g/mol. The molecule has 4 aromatic carbocycles. The molecule has 0 aliphatic rings. The Hall–Kier alpha value is -2.30. The summed E-state index contributed by atoms with van der Waals surface area (Å²) < 4.78 is 27.8. The maximum absolute atomic E-state index is 13.9. The molecule has 0 saturated heterocycles. The van der Waals surface area contributed by atoms with Crippen LogP contribution in [-0.2, 0) is 0 Å². The lowest BCUT2D eigenvalue weighted by molar-refractivity contribution is -0.0708. The smallest absolute Gasteiger partial charge is 0.289 e. The van der Waals surface area contributed by atoms with E-state index in [1.165, 1.54) is 0 Å². The normalized spacial score (nSPS) is 14.1. The van der Waals surface area contributed by atoms with Gasteiger partial charge in [-0.05, 0) is 37.9 Å². The number of aliphatic hydroxyl groups excluding tert-OH is 1. The minimum absolute atomic E-state index is 0.356. The van der Waals surface area contributed by atoms with Gasteiger partial charge in [-0.1, -0.05) is 54.6 Å². The quantitative estimate of drug-likeness (QED) is 0.557. The molecule has 0 aliphatic carbocycles. The van der Waals surface area contributed by atoms with Crippen LogP contribution in [0.1, 0.15) is 11.6 Å².